The van der Waals surface area contributed by atoms with Crippen LogP contribution in [-0.4, -0.2) is 35.4 Å². The normalized spacial score (nSPS) is 12.2. The van der Waals surface area contributed by atoms with E-state index in [9.17, 15) is 4.79 Å². The standard InChI is InChI=1S/C12H22N4OS/c1-5-7-14-12-15-10(13)9(18-12)11(17)16(4)8(3)6-2/h8H,5-7,13H2,1-4H3,(H,14,15). The van der Waals surface area contributed by atoms with Gasteiger partial charge >= 0.3 is 0 Å². The van der Waals surface area contributed by atoms with Gasteiger partial charge in [0.1, 0.15) is 10.7 Å². The molecule has 0 radical (unpaired) electrons. The van der Waals surface area contributed by atoms with E-state index in [2.05, 4.69) is 24.1 Å². The van der Waals surface area contributed by atoms with Crippen molar-refractivity contribution >= 4 is 28.2 Å². The Hall–Kier alpha value is -1.30. The molecule has 0 spiro atoms. The van der Waals surface area contributed by atoms with Gasteiger partial charge in [-0.05, 0) is 19.8 Å². The van der Waals surface area contributed by atoms with Gasteiger partial charge in [-0.2, -0.15) is 0 Å². The molecule has 1 aromatic rings. The van der Waals surface area contributed by atoms with Crippen LogP contribution in [0.1, 0.15) is 43.3 Å². The predicted molar refractivity (Wildman–Crippen MR) is 77.2 cm³/mol. The second-order valence-electron chi connectivity index (χ2n) is 4.33. The molecule has 5 nitrogen and oxygen atoms in total. The number of rotatable bonds is 6. The Kier molecular flexibility index (Phi) is 5.40. The van der Waals surface area contributed by atoms with Gasteiger partial charge in [0, 0.05) is 19.6 Å². The lowest BCUT2D eigenvalue weighted by Crippen LogP contribution is -2.34. The Balaban J connectivity index is 2.82. The fourth-order valence-electron chi connectivity index (χ4n) is 1.43. The summed E-state index contributed by atoms with van der Waals surface area (Å²) in [6.45, 7) is 6.98. The number of thiazole rings is 1. The molecule has 0 aliphatic rings. The molecule has 18 heavy (non-hydrogen) atoms. The van der Waals surface area contributed by atoms with Gasteiger partial charge in [0.05, 0.1) is 0 Å². The molecule has 0 aliphatic heterocycles. The second kappa shape index (κ2) is 6.58. The van der Waals surface area contributed by atoms with Crippen molar-refractivity contribution in [2.45, 2.75) is 39.7 Å². The molecule has 0 aliphatic carbocycles. The van der Waals surface area contributed by atoms with Crippen LogP contribution in [0.15, 0.2) is 0 Å². The summed E-state index contributed by atoms with van der Waals surface area (Å²) >= 11 is 1.33. The van der Waals surface area contributed by atoms with E-state index in [1.807, 2.05) is 6.92 Å². The van der Waals surface area contributed by atoms with Crippen molar-refractivity contribution in [3.05, 3.63) is 4.88 Å². The summed E-state index contributed by atoms with van der Waals surface area (Å²) in [4.78, 5) is 18.7. The summed E-state index contributed by atoms with van der Waals surface area (Å²) in [5, 5.41) is 3.87. The largest absolute Gasteiger partial charge is 0.382 e. The summed E-state index contributed by atoms with van der Waals surface area (Å²) in [5.74, 6) is 0.266. The van der Waals surface area contributed by atoms with Crippen molar-refractivity contribution in [3.63, 3.8) is 0 Å². The third-order valence-corrected chi connectivity index (χ3v) is 3.96. The summed E-state index contributed by atoms with van der Waals surface area (Å²) in [7, 11) is 1.80. The van der Waals surface area contributed by atoms with Crippen LogP contribution < -0.4 is 11.1 Å². The molecule has 1 heterocycles. The zero-order valence-electron chi connectivity index (χ0n) is 11.5. The Morgan fingerprint density at radius 2 is 2.22 bits per heavy atom. The van der Waals surface area contributed by atoms with Gasteiger partial charge in [-0.15, -0.1) is 0 Å². The molecule has 3 N–H and O–H groups in total. The zero-order valence-corrected chi connectivity index (χ0v) is 12.3. The summed E-state index contributed by atoms with van der Waals surface area (Å²) in [6.07, 6.45) is 1.93. The van der Waals surface area contributed by atoms with E-state index in [0.29, 0.717) is 10.7 Å². The first kappa shape index (κ1) is 14.8. The van der Waals surface area contributed by atoms with Crippen LogP contribution >= 0.6 is 11.3 Å². The van der Waals surface area contributed by atoms with E-state index >= 15 is 0 Å². The van der Waals surface area contributed by atoms with Crippen LogP contribution in [-0.2, 0) is 0 Å². The van der Waals surface area contributed by atoms with Crippen LogP contribution in [0, 0.1) is 0 Å². The van der Waals surface area contributed by atoms with Gasteiger partial charge in [0.15, 0.2) is 5.13 Å². The van der Waals surface area contributed by atoms with Crippen molar-refractivity contribution < 1.29 is 4.79 Å². The van der Waals surface area contributed by atoms with E-state index in [-0.39, 0.29) is 11.9 Å². The number of aromatic nitrogens is 1. The number of hydrogen-bond acceptors (Lipinski definition) is 5. The first-order chi connectivity index (χ1) is 8.51. The smallest absolute Gasteiger partial charge is 0.267 e. The lowest BCUT2D eigenvalue weighted by Gasteiger charge is -2.23. The molecule has 1 amide bonds. The fraction of sp³-hybridized carbons (Fsp3) is 0.667. The summed E-state index contributed by atoms with van der Waals surface area (Å²) in [6, 6.07) is 0.200. The first-order valence-electron chi connectivity index (χ1n) is 6.28. The number of nitrogens with two attached hydrogens (primary N) is 1. The molecule has 0 bridgehead atoms. The first-order valence-corrected chi connectivity index (χ1v) is 7.10. The highest BCUT2D eigenvalue weighted by Crippen LogP contribution is 2.26. The Labute approximate surface area is 112 Å². The number of carbonyl (C=O) groups is 1. The molecule has 0 fully saturated rings. The molecule has 1 rings (SSSR count). The molecule has 1 unspecified atom stereocenters. The summed E-state index contributed by atoms with van der Waals surface area (Å²) < 4.78 is 0. The van der Waals surface area contributed by atoms with Gasteiger partial charge in [0.25, 0.3) is 5.91 Å². The van der Waals surface area contributed by atoms with Crippen molar-refractivity contribution in [1.82, 2.24) is 9.88 Å². The minimum Gasteiger partial charge on any atom is -0.382 e. The highest BCUT2D eigenvalue weighted by molar-refractivity contribution is 7.18. The molecule has 102 valence electrons. The van der Waals surface area contributed by atoms with E-state index in [0.717, 1.165) is 24.5 Å². The van der Waals surface area contributed by atoms with Gasteiger partial charge in [0.2, 0.25) is 0 Å². The number of nitrogens with one attached hydrogen (secondary N) is 1. The fourth-order valence-corrected chi connectivity index (χ4v) is 2.32. The molecule has 0 saturated carbocycles. The minimum absolute atomic E-state index is 0.0519. The van der Waals surface area contributed by atoms with E-state index in [4.69, 9.17) is 5.73 Å². The third kappa shape index (κ3) is 3.35. The molecule has 0 aromatic carbocycles. The highest BCUT2D eigenvalue weighted by atomic mass is 32.1. The highest BCUT2D eigenvalue weighted by Gasteiger charge is 2.22. The van der Waals surface area contributed by atoms with Crippen LogP contribution in [0.3, 0.4) is 0 Å². The van der Waals surface area contributed by atoms with Gasteiger partial charge < -0.3 is 16.0 Å². The second-order valence-corrected chi connectivity index (χ2v) is 5.33. The topological polar surface area (TPSA) is 71.2 Å². The predicted octanol–water partition coefficient (Wildman–Crippen LogP) is 2.42. The van der Waals surface area contributed by atoms with Crippen LogP contribution in [0.5, 0.6) is 0 Å². The quantitative estimate of drug-likeness (QED) is 0.832. The number of anilines is 2. The molecule has 1 aromatic heterocycles. The monoisotopic (exact) mass is 270 g/mol. The summed E-state index contributed by atoms with van der Waals surface area (Å²) in [5.41, 5.74) is 5.81. The Morgan fingerprint density at radius 3 is 2.78 bits per heavy atom. The van der Waals surface area contributed by atoms with E-state index < -0.39 is 0 Å². The maximum atomic E-state index is 12.2. The lowest BCUT2D eigenvalue weighted by atomic mass is 10.2. The third-order valence-electron chi connectivity index (χ3n) is 2.95. The molecule has 1 atom stereocenters. The van der Waals surface area contributed by atoms with E-state index in [1.54, 1.807) is 11.9 Å². The number of nitrogen functional groups attached to an aromatic ring is 1. The Morgan fingerprint density at radius 1 is 1.56 bits per heavy atom. The zero-order chi connectivity index (χ0) is 13.7. The maximum Gasteiger partial charge on any atom is 0.267 e. The SMILES string of the molecule is CCCNc1nc(N)c(C(=O)N(C)C(C)CC)s1. The number of carbonyl (C=O) groups excluding carboxylic acids is 1. The van der Waals surface area contributed by atoms with E-state index in [1.165, 1.54) is 11.3 Å². The van der Waals surface area contributed by atoms with Crippen LogP contribution in [0.4, 0.5) is 10.9 Å². The van der Waals surface area contributed by atoms with Crippen LogP contribution in [0.25, 0.3) is 0 Å². The lowest BCUT2D eigenvalue weighted by molar-refractivity contribution is 0.0746. The molecule has 6 heteroatoms. The van der Waals surface area contributed by atoms with Crippen molar-refractivity contribution in [1.29, 1.82) is 0 Å². The van der Waals surface area contributed by atoms with Crippen molar-refractivity contribution in [2.75, 3.05) is 24.6 Å². The van der Waals surface area contributed by atoms with Crippen LogP contribution in [0.2, 0.25) is 0 Å². The molecule has 0 saturated heterocycles. The number of hydrogen-bond donors (Lipinski definition) is 2. The average Bonchev–Trinajstić information content (AvgIpc) is 2.74. The number of amides is 1. The molecular weight excluding hydrogens is 248 g/mol. The number of nitrogens with zero attached hydrogens (tertiary/aromatic N) is 2. The van der Waals surface area contributed by atoms with Crippen molar-refractivity contribution in [3.8, 4) is 0 Å². The average molecular weight is 270 g/mol. The maximum absolute atomic E-state index is 12.2. The Bertz CT molecular complexity index is 405. The van der Waals surface area contributed by atoms with Gasteiger partial charge in [-0.1, -0.05) is 25.2 Å². The van der Waals surface area contributed by atoms with Crippen molar-refractivity contribution in [2.24, 2.45) is 0 Å². The van der Waals surface area contributed by atoms with Gasteiger partial charge in [-0.25, -0.2) is 4.98 Å². The van der Waals surface area contributed by atoms with Gasteiger partial charge in [-0.3, -0.25) is 4.79 Å². The molecular formula is C12H22N4OS. The minimum atomic E-state index is -0.0519.